The molecule has 1 heterocycles. The molecule has 4 unspecified atom stereocenters. The zero-order valence-corrected chi connectivity index (χ0v) is 23.3. The van der Waals surface area contributed by atoms with Crippen molar-refractivity contribution < 1.29 is 43.5 Å². The Balaban J connectivity index is 1.71. The van der Waals surface area contributed by atoms with Crippen LogP contribution >= 0.6 is 0 Å². The molecular weight excluding hydrogens is 516 g/mol. The van der Waals surface area contributed by atoms with E-state index in [1.807, 2.05) is 6.92 Å². The number of hydrogen-bond donors (Lipinski definition) is 2. The average Bonchev–Trinajstić information content (AvgIpc) is 3.12. The maximum Gasteiger partial charge on any atom is 0.338 e. The standard InChI is InChI=1S/C31H36O9/c1-17-16-21(33)24(34)30(5)26(39-28(36)20-14-10-7-11-15-20)23(38-27(35)19-12-8-6-9-13-19)22-25(37-18(2)32)31(17,30)40-29(22,3)4/h6-15,17,21-26,33-34H,16H2,1-5H3/t17-,21?,22-,23?,24?,25-,26?,30+,31-/m1/s1. The summed E-state index contributed by atoms with van der Waals surface area (Å²) in [6.45, 7) is 8.40. The van der Waals surface area contributed by atoms with E-state index >= 15 is 0 Å². The van der Waals surface area contributed by atoms with Gasteiger partial charge in [-0.05, 0) is 50.5 Å². The van der Waals surface area contributed by atoms with Crippen LogP contribution in [0.5, 0.6) is 0 Å². The van der Waals surface area contributed by atoms with Crippen molar-refractivity contribution >= 4 is 17.9 Å². The quantitative estimate of drug-likeness (QED) is 0.424. The first-order valence-corrected chi connectivity index (χ1v) is 13.6. The highest BCUT2D eigenvalue weighted by molar-refractivity contribution is 5.90. The third-order valence-corrected chi connectivity index (χ3v) is 9.16. The van der Waals surface area contributed by atoms with E-state index in [1.165, 1.54) is 6.92 Å². The van der Waals surface area contributed by atoms with Gasteiger partial charge in [0.05, 0.1) is 40.3 Å². The number of carbonyl (C=O) groups excluding carboxylic acids is 3. The van der Waals surface area contributed by atoms with Crippen LogP contribution in [0, 0.1) is 17.3 Å². The predicted molar refractivity (Wildman–Crippen MR) is 142 cm³/mol. The second-order valence-electron chi connectivity index (χ2n) is 11.9. The Hall–Kier alpha value is -3.27. The highest BCUT2D eigenvalue weighted by Gasteiger charge is 2.82. The molecule has 0 radical (unpaired) electrons. The number of fused-ring (bicyclic) bond motifs is 1. The molecule has 5 rings (SSSR count). The predicted octanol–water partition coefficient (Wildman–Crippen LogP) is 3.31. The van der Waals surface area contributed by atoms with Crippen LogP contribution in [0.4, 0.5) is 0 Å². The molecule has 2 aromatic carbocycles. The lowest BCUT2D eigenvalue weighted by molar-refractivity contribution is -0.311. The Kier molecular flexibility index (Phi) is 7.05. The fraction of sp³-hybridized carbons (Fsp3) is 0.516. The highest BCUT2D eigenvalue weighted by atomic mass is 16.6. The number of aliphatic hydroxyl groups excluding tert-OH is 2. The van der Waals surface area contributed by atoms with Gasteiger partial charge < -0.3 is 29.2 Å². The second-order valence-corrected chi connectivity index (χ2v) is 11.9. The van der Waals surface area contributed by atoms with Crippen molar-refractivity contribution in [2.45, 2.75) is 82.8 Å². The number of rotatable bonds is 5. The average molecular weight is 553 g/mol. The van der Waals surface area contributed by atoms with Crippen LogP contribution < -0.4 is 0 Å². The fourth-order valence-corrected chi connectivity index (χ4v) is 7.49. The Bertz CT molecular complexity index is 1280. The molecule has 2 aliphatic carbocycles. The van der Waals surface area contributed by atoms with Crippen LogP contribution in [0.1, 0.15) is 61.8 Å². The van der Waals surface area contributed by atoms with Gasteiger partial charge in [0, 0.05) is 6.92 Å². The first kappa shape index (κ1) is 28.3. The summed E-state index contributed by atoms with van der Waals surface area (Å²) < 4.78 is 25.1. The molecule has 1 saturated heterocycles. The smallest absolute Gasteiger partial charge is 0.338 e. The summed E-state index contributed by atoms with van der Waals surface area (Å²) >= 11 is 0. The molecule has 2 saturated carbocycles. The molecule has 40 heavy (non-hydrogen) atoms. The van der Waals surface area contributed by atoms with Gasteiger partial charge in [0.15, 0.2) is 6.10 Å². The van der Waals surface area contributed by atoms with Crippen LogP contribution in [0.15, 0.2) is 60.7 Å². The zero-order chi connectivity index (χ0) is 29.0. The van der Waals surface area contributed by atoms with Gasteiger partial charge in [0.25, 0.3) is 0 Å². The molecule has 3 aliphatic rings. The van der Waals surface area contributed by atoms with Gasteiger partial charge >= 0.3 is 17.9 Å². The van der Waals surface area contributed by atoms with E-state index < -0.39 is 76.9 Å². The molecule has 2 N–H and O–H groups in total. The normalized spacial score (nSPS) is 37.6. The highest BCUT2D eigenvalue weighted by Crippen LogP contribution is 2.67. The van der Waals surface area contributed by atoms with Crippen LogP contribution in [0.25, 0.3) is 0 Å². The maximum absolute atomic E-state index is 13.5. The number of carbonyl (C=O) groups is 3. The van der Waals surface area contributed by atoms with E-state index in [9.17, 15) is 24.6 Å². The summed E-state index contributed by atoms with van der Waals surface area (Å²) in [7, 11) is 0. The third-order valence-electron chi connectivity index (χ3n) is 9.16. The number of ether oxygens (including phenoxy) is 4. The van der Waals surface area contributed by atoms with E-state index in [4.69, 9.17) is 18.9 Å². The van der Waals surface area contributed by atoms with Gasteiger partial charge in [-0.1, -0.05) is 50.2 Å². The molecule has 214 valence electrons. The minimum Gasteiger partial charge on any atom is -0.459 e. The summed E-state index contributed by atoms with van der Waals surface area (Å²) in [4.78, 5) is 39.5. The van der Waals surface area contributed by atoms with Crippen molar-refractivity contribution in [2.75, 3.05) is 0 Å². The molecule has 3 fully saturated rings. The van der Waals surface area contributed by atoms with Crippen molar-refractivity contribution in [2.24, 2.45) is 17.3 Å². The molecule has 2 aromatic rings. The van der Waals surface area contributed by atoms with E-state index in [0.717, 1.165) is 0 Å². The summed E-state index contributed by atoms with van der Waals surface area (Å²) in [5.74, 6) is -3.14. The lowest BCUT2D eigenvalue weighted by Crippen LogP contribution is -2.78. The molecule has 2 bridgehead atoms. The van der Waals surface area contributed by atoms with Gasteiger partial charge in [0.2, 0.25) is 0 Å². The van der Waals surface area contributed by atoms with Crippen molar-refractivity contribution in [3.8, 4) is 0 Å². The van der Waals surface area contributed by atoms with Crippen LogP contribution in [0.2, 0.25) is 0 Å². The van der Waals surface area contributed by atoms with Crippen molar-refractivity contribution in [3.05, 3.63) is 71.8 Å². The summed E-state index contributed by atoms with van der Waals surface area (Å²) in [5, 5.41) is 22.7. The van der Waals surface area contributed by atoms with Crippen molar-refractivity contribution in [3.63, 3.8) is 0 Å². The van der Waals surface area contributed by atoms with Crippen LogP contribution in [-0.2, 0) is 23.7 Å². The van der Waals surface area contributed by atoms with E-state index in [-0.39, 0.29) is 17.5 Å². The molecule has 0 amide bonds. The monoisotopic (exact) mass is 552 g/mol. The minimum absolute atomic E-state index is 0.158. The Morgan fingerprint density at radius 1 is 0.825 bits per heavy atom. The lowest BCUT2D eigenvalue weighted by Gasteiger charge is -2.63. The van der Waals surface area contributed by atoms with Crippen LogP contribution in [0.3, 0.4) is 0 Å². The number of aliphatic hydroxyl groups is 2. The first-order chi connectivity index (χ1) is 18.8. The molecule has 1 spiro atoms. The SMILES string of the molecule is CC(=O)O[C@@H]1[C@H]2C(OC(=O)c3ccccc3)C(OC(=O)c3ccccc3)[C@]3(C)C(O)C(O)C[C@@H](C)[C@@]13OC2(C)C. The maximum atomic E-state index is 13.5. The molecule has 1 aliphatic heterocycles. The summed E-state index contributed by atoms with van der Waals surface area (Å²) in [5.41, 5.74) is -3.44. The molecule has 9 atom stereocenters. The molecule has 9 heteroatoms. The largest absolute Gasteiger partial charge is 0.459 e. The Morgan fingerprint density at radius 3 is 1.88 bits per heavy atom. The zero-order valence-electron chi connectivity index (χ0n) is 23.3. The molecular formula is C31H36O9. The second kappa shape index (κ2) is 9.98. The van der Waals surface area contributed by atoms with E-state index in [2.05, 4.69) is 0 Å². The summed E-state index contributed by atoms with van der Waals surface area (Å²) in [6, 6.07) is 16.7. The third kappa shape index (κ3) is 4.14. The fourth-order valence-electron chi connectivity index (χ4n) is 7.49. The first-order valence-electron chi connectivity index (χ1n) is 13.6. The molecule has 0 aromatic heterocycles. The topological polar surface area (TPSA) is 129 Å². The number of benzene rings is 2. The lowest BCUT2D eigenvalue weighted by atomic mass is 9.47. The Labute approximate surface area is 233 Å². The van der Waals surface area contributed by atoms with Gasteiger partial charge in [-0.15, -0.1) is 0 Å². The summed E-state index contributed by atoms with van der Waals surface area (Å²) in [6.07, 6.45) is -5.95. The van der Waals surface area contributed by atoms with Crippen LogP contribution in [-0.4, -0.2) is 69.8 Å². The van der Waals surface area contributed by atoms with Gasteiger partial charge in [-0.3, -0.25) is 4.79 Å². The van der Waals surface area contributed by atoms with Gasteiger partial charge in [0.1, 0.15) is 17.8 Å². The van der Waals surface area contributed by atoms with Gasteiger partial charge in [-0.25, -0.2) is 9.59 Å². The van der Waals surface area contributed by atoms with Crippen molar-refractivity contribution in [1.29, 1.82) is 0 Å². The number of esters is 3. The Morgan fingerprint density at radius 2 is 1.35 bits per heavy atom. The minimum atomic E-state index is -1.56. The van der Waals surface area contributed by atoms with Crippen molar-refractivity contribution in [1.82, 2.24) is 0 Å². The van der Waals surface area contributed by atoms with Gasteiger partial charge in [-0.2, -0.15) is 0 Å². The van der Waals surface area contributed by atoms with E-state index in [1.54, 1.807) is 81.4 Å². The molecule has 9 nitrogen and oxygen atoms in total. The number of hydrogen-bond acceptors (Lipinski definition) is 9. The van der Waals surface area contributed by atoms with E-state index in [0.29, 0.717) is 0 Å².